The fourth-order valence-electron chi connectivity index (χ4n) is 3.59. The van der Waals surface area contributed by atoms with Gasteiger partial charge >= 0.3 is 15.3 Å². The molecule has 204 valence electrons. The highest BCUT2D eigenvalue weighted by Gasteiger charge is 2.41. The smallest absolute Gasteiger partial charge is 0.306 e. The molecule has 2 saturated heterocycles. The monoisotopic (exact) mass is 644 g/mol. The van der Waals surface area contributed by atoms with E-state index in [-0.39, 0.29) is 0 Å². The van der Waals surface area contributed by atoms with Crippen molar-refractivity contribution in [1.29, 1.82) is 0 Å². The Labute approximate surface area is 234 Å². The molecule has 8 nitrogen and oxygen atoms in total. The zero-order chi connectivity index (χ0) is 25.5. The average molecular weight is 647 g/mol. The standard InChI is InChI=1S/2C9H18Cl3N2O2P/c2*10-2-6-13-5-1-9-16-17(13,15)14(7-3-11)8-4-12/h2*1-9H2. The third-order valence-electron chi connectivity index (χ3n) is 5.13. The molecule has 0 radical (unpaired) electrons. The molecule has 16 heteroatoms. The molecule has 2 aliphatic rings. The van der Waals surface area contributed by atoms with Gasteiger partial charge in [0.1, 0.15) is 0 Å². The van der Waals surface area contributed by atoms with E-state index in [2.05, 4.69) is 0 Å². The van der Waals surface area contributed by atoms with Gasteiger partial charge in [0.05, 0.1) is 13.2 Å². The number of alkyl halides is 6. The Bertz CT molecular complexity index is 577. The summed E-state index contributed by atoms with van der Waals surface area (Å²) in [7, 11) is -5.94. The van der Waals surface area contributed by atoms with Crippen molar-refractivity contribution in [3.05, 3.63) is 0 Å². The predicted molar refractivity (Wildman–Crippen MR) is 147 cm³/mol. The second-order valence-corrected chi connectivity index (χ2v) is 14.3. The quantitative estimate of drug-likeness (QED) is 0.177. The highest BCUT2D eigenvalue weighted by Crippen LogP contribution is 2.57. The summed E-state index contributed by atoms with van der Waals surface area (Å²) in [6.07, 6.45) is 1.74. The summed E-state index contributed by atoms with van der Waals surface area (Å²) in [5, 5.41) is 0. The van der Waals surface area contributed by atoms with E-state index in [9.17, 15) is 9.13 Å². The van der Waals surface area contributed by atoms with Crippen LogP contribution in [0.5, 0.6) is 0 Å². The van der Waals surface area contributed by atoms with Gasteiger partial charge in [-0.05, 0) is 12.8 Å². The number of nitrogens with zero attached hydrogens (tertiary/aromatic N) is 4. The molecule has 2 fully saturated rings. The van der Waals surface area contributed by atoms with Crippen molar-refractivity contribution in [2.24, 2.45) is 0 Å². The SMILES string of the molecule is O=P1(N(CCCl)CCCl)OCCCN1CCCl.O=P1(N(CCCl)CCCl)OCCCN1CCCl. The van der Waals surface area contributed by atoms with E-state index in [1.807, 2.05) is 9.34 Å². The van der Waals surface area contributed by atoms with E-state index in [0.29, 0.717) is 87.8 Å². The van der Waals surface area contributed by atoms with Crippen LogP contribution in [0.3, 0.4) is 0 Å². The Morgan fingerprint density at radius 2 is 0.912 bits per heavy atom. The summed E-state index contributed by atoms with van der Waals surface area (Å²) in [5.74, 6) is 2.47. The molecule has 0 N–H and O–H groups in total. The van der Waals surface area contributed by atoms with E-state index in [1.54, 1.807) is 9.34 Å². The van der Waals surface area contributed by atoms with Gasteiger partial charge in [-0.2, -0.15) is 0 Å². The summed E-state index contributed by atoms with van der Waals surface area (Å²) in [6, 6.07) is 0. The first-order chi connectivity index (χ1) is 16.4. The first-order valence-corrected chi connectivity index (χ1v) is 17.5. The van der Waals surface area contributed by atoms with Crippen LogP contribution in [0.2, 0.25) is 0 Å². The van der Waals surface area contributed by atoms with Gasteiger partial charge in [-0.3, -0.25) is 9.13 Å². The van der Waals surface area contributed by atoms with Crippen molar-refractivity contribution in [2.75, 3.05) is 101 Å². The van der Waals surface area contributed by atoms with Crippen LogP contribution in [0.1, 0.15) is 12.8 Å². The molecule has 2 atom stereocenters. The molecule has 0 amide bonds. The summed E-state index contributed by atoms with van der Waals surface area (Å²) in [6.45, 7) is 5.63. The Morgan fingerprint density at radius 1 is 0.588 bits per heavy atom. The van der Waals surface area contributed by atoms with Crippen molar-refractivity contribution < 1.29 is 18.2 Å². The van der Waals surface area contributed by atoms with Gasteiger partial charge in [0, 0.05) is 87.6 Å². The maximum absolute atomic E-state index is 12.9. The molecule has 0 aromatic heterocycles. The second-order valence-electron chi connectivity index (χ2n) is 7.30. The van der Waals surface area contributed by atoms with E-state index >= 15 is 0 Å². The molecule has 0 aromatic rings. The first-order valence-electron chi connectivity index (χ1n) is 11.2. The lowest BCUT2D eigenvalue weighted by Crippen LogP contribution is -2.39. The lowest BCUT2D eigenvalue weighted by atomic mass is 10.4. The van der Waals surface area contributed by atoms with Gasteiger partial charge in [0.15, 0.2) is 0 Å². The van der Waals surface area contributed by atoms with Gasteiger partial charge in [0.2, 0.25) is 0 Å². The molecule has 0 spiro atoms. The minimum Gasteiger partial charge on any atom is -0.306 e. The normalized spacial score (nSPS) is 26.6. The van der Waals surface area contributed by atoms with E-state index in [1.165, 1.54) is 0 Å². The van der Waals surface area contributed by atoms with E-state index < -0.39 is 15.3 Å². The third-order valence-corrected chi connectivity index (χ3v) is 11.6. The molecule has 2 rings (SSSR count). The van der Waals surface area contributed by atoms with Gasteiger partial charge < -0.3 is 9.05 Å². The van der Waals surface area contributed by atoms with Crippen LogP contribution >= 0.6 is 84.9 Å². The maximum atomic E-state index is 12.9. The zero-order valence-electron chi connectivity index (χ0n) is 19.3. The van der Waals surface area contributed by atoms with Crippen molar-refractivity contribution in [3.63, 3.8) is 0 Å². The highest BCUT2D eigenvalue weighted by atomic mass is 35.5. The van der Waals surface area contributed by atoms with Crippen LogP contribution < -0.4 is 0 Å². The maximum Gasteiger partial charge on any atom is 0.346 e. The number of rotatable bonds is 14. The zero-order valence-corrected chi connectivity index (χ0v) is 25.6. The minimum absolute atomic E-state index is 0.402. The number of hydrogen-bond acceptors (Lipinski definition) is 4. The van der Waals surface area contributed by atoms with Crippen LogP contribution in [-0.2, 0) is 18.2 Å². The second kappa shape index (κ2) is 19.1. The van der Waals surface area contributed by atoms with Crippen LogP contribution in [-0.4, -0.2) is 120 Å². The summed E-state index contributed by atoms with van der Waals surface area (Å²) < 4.78 is 44.0. The molecule has 2 heterocycles. The fourth-order valence-corrected chi connectivity index (χ4v) is 10.5. The van der Waals surface area contributed by atoms with Gasteiger partial charge in [0.25, 0.3) is 0 Å². The topological polar surface area (TPSA) is 65.6 Å². The minimum atomic E-state index is -2.97. The van der Waals surface area contributed by atoms with Crippen LogP contribution in [0.15, 0.2) is 0 Å². The Morgan fingerprint density at radius 3 is 1.18 bits per heavy atom. The molecule has 34 heavy (non-hydrogen) atoms. The lowest BCUT2D eigenvalue weighted by molar-refractivity contribution is 0.171. The molecule has 2 unspecified atom stereocenters. The average Bonchev–Trinajstić information content (AvgIpc) is 2.83. The molecule has 0 aromatic carbocycles. The Balaban J connectivity index is 0.000000340. The summed E-state index contributed by atoms with van der Waals surface area (Å²) >= 11 is 34.4. The Kier molecular flexibility index (Phi) is 19.1. The summed E-state index contributed by atoms with van der Waals surface area (Å²) in [5.41, 5.74) is 0. The van der Waals surface area contributed by atoms with Gasteiger partial charge in [-0.25, -0.2) is 18.7 Å². The lowest BCUT2D eigenvalue weighted by Gasteiger charge is -2.40. The molecule has 2 aliphatic heterocycles. The van der Waals surface area contributed by atoms with Crippen LogP contribution in [0.4, 0.5) is 0 Å². The van der Waals surface area contributed by atoms with Crippen LogP contribution in [0.25, 0.3) is 0 Å². The van der Waals surface area contributed by atoms with Crippen molar-refractivity contribution in [2.45, 2.75) is 12.8 Å². The first kappa shape index (κ1) is 34.0. The van der Waals surface area contributed by atoms with Crippen molar-refractivity contribution >= 4 is 84.9 Å². The van der Waals surface area contributed by atoms with Crippen LogP contribution in [0, 0.1) is 0 Å². The molecular formula is C18H36Cl6N4O4P2. The van der Waals surface area contributed by atoms with Gasteiger partial charge in [-0.1, -0.05) is 0 Å². The van der Waals surface area contributed by atoms with Gasteiger partial charge in [-0.15, -0.1) is 69.6 Å². The molecule has 0 aliphatic carbocycles. The summed E-state index contributed by atoms with van der Waals surface area (Å²) in [4.78, 5) is 0. The molecule has 0 bridgehead atoms. The number of hydrogen-bond donors (Lipinski definition) is 0. The van der Waals surface area contributed by atoms with Crippen molar-refractivity contribution in [1.82, 2.24) is 18.7 Å². The molecule has 0 saturated carbocycles. The number of halogens is 6. The predicted octanol–water partition coefficient (Wildman–Crippen LogP) is 5.67. The third kappa shape index (κ3) is 10.3. The largest absolute Gasteiger partial charge is 0.346 e. The van der Waals surface area contributed by atoms with E-state index in [0.717, 1.165) is 25.9 Å². The van der Waals surface area contributed by atoms with Crippen molar-refractivity contribution in [3.8, 4) is 0 Å². The van der Waals surface area contributed by atoms with E-state index in [4.69, 9.17) is 78.7 Å². The Hall–Kier alpha value is 1.96. The molecular weight excluding hydrogens is 611 g/mol. The highest BCUT2D eigenvalue weighted by molar-refractivity contribution is 7.54. The fraction of sp³-hybridized carbons (Fsp3) is 1.00.